The minimum atomic E-state index is -0.0780. The van der Waals surface area contributed by atoms with Crippen LogP contribution in [0.2, 0.25) is 0 Å². The van der Waals surface area contributed by atoms with E-state index in [1.54, 1.807) is 32.3 Å². The van der Waals surface area contributed by atoms with Crippen LogP contribution in [0.4, 0.5) is 17.1 Å². The first-order chi connectivity index (χ1) is 9.88. The molecule has 6 heteroatoms. The number of nitrogens with zero attached hydrogens (tertiary/aromatic N) is 1. The molecule has 21 heavy (non-hydrogen) atoms. The van der Waals surface area contributed by atoms with Crippen LogP contribution in [0, 0.1) is 0 Å². The van der Waals surface area contributed by atoms with Crippen molar-refractivity contribution >= 4 is 54.8 Å². The molecular weight excluding hydrogens is 398 g/mol. The van der Waals surface area contributed by atoms with Crippen molar-refractivity contribution < 1.29 is 4.79 Å². The normalized spacial score (nSPS) is 10.3. The lowest BCUT2D eigenvalue weighted by molar-refractivity contribution is 0.0828. The Labute approximate surface area is 140 Å². The van der Waals surface area contributed by atoms with Crippen molar-refractivity contribution in [3.8, 4) is 0 Å². The molecule has 2 aromatic rings. The van der Waals surface area contributed by atoms with Gasteiger partial charge in [-0.2, -0.15) is 0 Å². The first-order valence-corrected chi connectivity index (χ1v) is 7.80. The first kappa shape index (κ1) is 15.9. The lowest BCUT2D eigenvalue weighted by Crippen LogP contribution is -2.22. The maximum Gasteiger partial charge on any atom is 0.255 e. The van der Waals surface area contributed by atoms with E-state index in [1.165, 1.54) is 4.90 Å². The number of hydrogen-bond acceptors (Lipinski definition) is 3. The molecule has 0 spiro atoms. The molecule has 0 aliphatic carbocycles. The Kier molecular flexibility index (Phi) is 4.90. The van der Waals surface area contributed by atoms with E-state index in [2.05, 4.69) is 37.2 Å². The standard InChI is InChI=1S/C15H15Br2N3O/c1-20(2)15(21)11-5-4-10(18)8-14(11)19-13-6-3-9(16)7-12(13)17/h3-8,19H,18H2,1-2H3. The third-order valence-electron chi connectivity index (χ3n) is 2.88. The second-order valence-electron chi connectivity index (χ2n) is 4.75. The smallest absolute Gasteiger partial charge is 0.255 e. The van der Waals surface area contributed by atoms with Crippen molar-refractivity contribution in [2.75, 3.05) is 25.1 Å². The second kappa shape index (κ2) is 6.49. The van der Waals surface area contributed by atoms with Gasteiger partial charge in [-0.05, 0) is 52.3 Å². The lowest BCUT2D eigenvalue weighted by atomic mass is 10.1. The highest BCUT2D eigenvalue weighted by Crippen LogP contribution is 2.31. The number of halogens is 2. The highest BCUT2D eigenvalue weighted by atomic mass is 79.9. The highest BCUT2D eigenvalue weighted by molar-refractivity contribution is 9.11. The van der Waals surface area contributed by atoms with Crippen molar-refractivity contribution in [2.24, 2.45) is 0 Å². The fraction of sp³-hybridized carbons (Fsp3) is 0.133. The van der Waals surface area contributed by atoms with Crippen LogP contribution in [0.1, 0.15) is 10.4 Å². The van der Waals surface area contributed by atoms with Gasteiger partial charge in [0.25, 0.3) is 5.91 Å². The van der Waals surface area contributed by atoms with Crippen LogP contribution in [0.25, 0.3) is 0 Å². The van der Waals surface area contributed by atoms with Gasteiger partial charge in [-0.1, -0.05) is 15.9 Å². The summed E-state index contributed by atoms with van der Waals surface area (Å²) in [4.78, 5) is 13.8. The minimum Gasteiger partial charge on any atom is -0.399 e. The molecule has 0 aliphatic rings. The van der Waals surface area contributed by atoms with Crippen molar-refractivity contribution in [3.63, 3.8) is 0 Å². The molecule has 1 amide bonds. The van der Waals surface area contributed by atoms with Gasteiger partial charge in [-0.3, -0.25) is 4.79 Å². The van der Waals surface area contributed by atoms with Gasteiger partial charge in [0, 0.05) is 28.7 Å². The molecule has 0 saturated heterocycles. The summed E-state index contributed by atoms with van der Waals surface area (Å²) in [5.74, 6) is -0.0780. The zero-order valence-electron chi connectivity index (χ0n) is 11.7. The molecule has 2 rings (SSSR count). The summed E-state index contributed by atoms with van der Waals surface area (Å²) in [5, 5.41) is 3.25. The van der Waals surface area contributed by atoms with Gasteiger partial charge in [0.1, 0.15) is 0 Å². The highest BCUT2D eigenvalue weighted by Gasteiger charge is 2.14. The van der Waals surface area contributed by atoms with E-state index in [4.69, 9.17) is 5.73 Å². The average Bonchev–Trinajstić information content (AvgIpc) is 2.41. The van der Waals surface area contributed by atoms with Gasteiger partial charge in [0.05, 0.1) is 16.9 Å². The van der Waals surface area contributed by atoms with Gasteiger partial charge >= 0.3 is 0 Å². The maximum atomic E-state index is 12.2. The summed E-state index contributed by atoms with van der Waals surface area (Å²) in [7, 11) is 3.44. The average molecular weight is 413 g/mol. The fourth-order valence-electron chi connectivity index (χ4n) is 1.83. The van der Waals surface area contributed by atoms with Crippen molar-refractivity contribution in [3.05, 3.63) is 50.9 Å². The quantitative estimate of drug-likeness (QED) is 0.741. The largest absolute Gasteiger partial charge is 0.399 e. The van der Waals surface area contributed by atoms with Crippen LogP contribution >= 0.6 is 31.9 Å². The Hall–Kier alpha value is -1.53. The molecule has 0 bridgehead atoms. The number of carbonyl (C=O) groups is 1. The van der Waals surface area contributed by atoms with Gasteiger partial charge in [0.2, 0.25) is 0 Å². The summed E-state index contributed by atoms with van der Waals surface area (Å²) >= 11 is 6.91. The Bertz CT molecular complexity index is 687. The zero-order chi connectivity index (χ0) is 15.6. The first-order valence-electron chi connectivity index (χ1n) is 6.21. The predicted octanol–water partition coefficient (Wildman–Crippen LogP) is 4.24. The summed E-state index contributed by atoms with van der Waals surface area (Å²) in [6, 6.07) is 11.0. The molecule has 3 N–H and O–H groups in total. The topological polar surface area (TPSA) is 58.4 Å². The Morgan fingerprint density at radius 2 is 1.81 bits per heavy atom. The molecule has 0 aromatic heterocycles. The van der Waals surface area contributed by atoms with Crippen LogP contribution in [0.3, 0.4) is 0 Å². The minimum absolute atomic E-state index is 0.0780. The number of amides is 1. The van der Waals surface area contributed by atoms with Gasteiger partial charge < -0.3 is 16.0 Å². The van der Waals surface area contributed by atoms with Crippen LogP contribution in [-0.4, -0.2) is 24.9 Å². The van der Waals surface area contributed by atoms with E-state index >= 15 is 0 Å². The Morgan fingerprint density at radius 3 is 2.43 bits per heavy atom. The molecule has 0 aliphatic heterocycles. The molecule has 0 saturated carbocycles. The zero-order valence-corrected chi connectivity index (χ0v) is 14.8. The maximum absolute atomic E-state index is 12.2. The number of rotatable bonds is 3. The molecule has 110 valence electrons. The number of hydrogen-bond donors (Lipinski definition) is 2. The predicted molar refractivity (Wildman–Crippen MR) is 94.0 cm³/mol. The van der Waals surface area contributed by atoms with Crippen LogP contribution in [-0.2, 0) is 0 Å². The summed E-state index contributed by atoms with van der Waals surface area (Å²) in [6.45, 7) is 0. The molecular formula is C15H15Br2N3O. The number of anilines is 3. The Morgan fingerprint density at radius 1 is 1.10 bits per heavy atom. The molecule has 0 radical (unpaired) electrons. The van der Waals surface area contributed by atoms with E-state index in [1.807, 2.05) is 18.2 Å². The van der Waals surface area contributed by atoms with Gasteiger partial charge in [0.15, 0.2) is 0 Å². The van der Waals surface area contributed by atoms with E-state index in [0.29, 0.717) is 16.9 Å². The number of carbonyl (C=O) groups excluding carboxylic acids is 1. The number of nitrogens with two attached hydrogens (primary N) is 1. The van der Waals surface area contributed by atoms with E-state index < -0.39 is 0 Å². The van der Waals surface area contributed by atoms with Crippen LogP contribution in [0.5, 0.6) is 0 Å². The van der Waals surface area contributed by atoms with E-state index in [0.717, 1.165) is 14.6 Å². The van der Waals surface area contributed by atoms with Gasteiger partial charge in [-0.25, -0.2) is 0 Å². The monoisotopic (exact) mass is 411 g/mol. The summed E-state index contributed by atoms with van der Waals surface area (Å²) in [5.41, 5.74) is 8.54. The molecule has 0 unspecified atom stereocenters. The van der Waals surface area contributed by atoms with Crippen LogP contribution < -0.4 is 11.1 Å². The number of nitrogen functional groups attached to an aromatic ring is 1. The third-order valence-corrected chi connectivity index (χ3v) is 4.03. The van der Waals surface area contributed by atoms with Crippen molar-refractivity contribution in [1.82, 2.24) is 4.90 Å². The van der Waals surface area contributed by atoms with Crippen molar-refractivity contribution in [2.45, 2.75) is 0 Å². The van der Waals surface area contributed by atoms with E-state index in [-0.39, 0.29) is 5.91 Å². The Balaban J connectivity index is 2.43. The molecule has 0 atom stereocenters. The fourth-order valence-corrected chi connectivity index (χ4v) is 2.97. The molecule has 0 fully saturated rings. The lowest BCUT2D eigenvalue weighted by Gasteiger charge is -2.17. The third kappa shape index (κ3) is 3.77. The summed E-state index contributed by atoms with van der Waals surface area (Å²) < 4.78 is 1.86. The molecule has 2 aromatic carbocycles. The summed E-state index contributed by atoms with van der Waals surface area (Å²) in [6.07, 6.45) is 0. The van der Waals surface area contributed by atoms with Crippen molar-refractivity contribution in [1.29, 1.82) is 0 Å². The molecule has 4 nitrogen and oxygen atoms in total. The molecule has 0 heterocycles. The van der Waals surface area contributed by atoms with E-state index in [9.17, 15) is 4.79 Å². The number of benzene rings is 2. The van der Waals surface area contributed by atoms with Gasteiger partial charge in [-0.15, -0.1) is 0 Å². The second-order valence-corrected chi connectivity index (χ2v) is 6.52. The van der Waals surface area contributed by atoms with Crippen LogP contribution in [0.15, 0.2) is 45.3 Å². The SMILES string of the molecule is CN(C)C(=O)c1ccc(N)cc1Nc1ccc(Br)cc1Br. The number of nitrogens with one attached hydrogen (secondary N) is 1.